The van der Waals surface area contributed by atoms with Crippen molar-refractivity contribution in [2.24, 2.45) is 0 Å². The predicted octanol–water partition coefficient (Wildman–Crippen LogP) is 2.87. The van der Waals surface area contributed by atoms with E-state index in [1.165, 1.54) is 18.1 Å². The van der Waals surface area contributed by atoms with Crippen LogP contribution in [0.5, 0.6) is 0 Å². The molecular formula is C22H28N2O8. The molecular weight excluding hydrogens is 420 g/mol. The smallest absolute Gasteiger partial charge is 0.413 e. The molecule has 1 atom stereocenters. The van der Waals surface area contributed by atoms with E-state index in [-0.39, 0.29) is 31.9 Å². The summed E-state index contributed by atoms with van der Waals surface area (Å²) < 4.78 is 20.0. The lowest BCUT2D eigenvalue weighted by Crippen LogP contribution is -2.38. The van der Waals surface area contributed by atoms with Crippen LogP contribution in [0, 0.1) is 0 Å². The zero-order valence-electron chi connectivity index (χ0n) is 18.6. The van der Waals surface area contributed by atoms with Crippen molar-refractivity contribution in [2.45, 2.75) is 51.9 Å². The molecule has 1 N–H and O–H groups in total. The van der Waals surface area contributed by atoms with Crippen LogP contribution >= 0.6 is 0 Å². The van der Waals surface area contributed by atoms with Gasteiger partial charge in [-0.2, -0.15) is 0 Å². The Kier molecular flexibility index (Phi) is 8.62. The van der Waals surface area contributed by atoms with Gasteiger partial charge in [0.15, 0.2) is 6.73 Å². The van der Waals surface area contributed by atoms with Gasteiger partial charge in [0.2, 0.25) is 0 Å². The lowest BCUT2D eigenvalue weighted by Gasteiger charge is -2.20. The second-order valence-electron chi connectivity index (χ2n) is 7.93. The van der Waals surface area contributed by atoms with Crippen molar-refractivity contribution >= 4 is 24.1 Å². The minimum atomic E-state index is -0.880. The summed E-state index contributed by atoms with van der Waals surface area (Å²) in [5.41, 5.74) is -0.0754. The fourth-order valence-corrected chi connectivity index (χ4v) is 2.80. The van der Waals surface area contributed by atoms with Crippen LogP contribution < -0.4 is 5.32 Å². The van der Waals surface area contributed by atoms with Crippen LogP contribution in [-0.4, -0.2) is 54.5 Å². The fourth-order valence-electron chi connectivity index (χ4n) is 2.80. The number of carbonyl (C=O) groups is 4. The van der Waals surface area contributed by atoms with E-state index in [0.29, 0.717) is 0 Å². The number of alkyl carbamates (subject to hydrolysis) is 1. The third-order valence-electron chi connectivity index (χ3n) is 4.26. The first-order valence-electron chi connectivity index (χ1n) is 10.0. The van der Waals surface area contributed by atoms with Crippen LogP contribution in [0.15, 0.2) is 42.1 Å². The number of hydrogen-bond donors (Lipinski definition) is 1. The molecule has 0 saturated carbocycles. The lowest BCUT2D eigenvalue weighted by atomic mass is 10.1. The summed E-state index contributed by atoms with van der Waals surface area (Å²) in [6, 6.07) is 8.24. The van der Waals surface area contributed by atoms with E-state index in [4.69, 9.17) is 14.2 Å². The average molecular weight is 448 g/mol. The summed E-state index contributed by atoms with van der Waals surface area (Å²) in [5, 5.41) is 2.34. The Bertz CT molecular complexity index is 860. The first-order valence-corrected chi connectivity index (χ1v) is 10.0. The molecule has 1 unspecified atom stereocenters. The van der Waals surface area contributed by atoms with Gasteiger partial charge in [0.05, 0.1) is 7.11 Å². The maximum atomic E-state index is 12.4. The molecule has 32 heavy (non-hydrogen) atoms. The Morgan fingerprint density at radius 2 is 1.91 bits per heavy atom. The molecule has 0 bridgehead atoms. The molecule has 1 aromatic carbocycles. The number of carbonyl (C=O) groups excluding carboxylic acids is 4. The van der Waals surface area contributed by atoms with Gasteiger partial charge in [0.1, 0.15) is 23.9 Å². The molecule has 0 spiro atoms. The molecule has 174 valence electrons. The van der Waals surface area contributed by atoms with E-state index in [2.05, 4.69) is 10.1 Å². The Labute approximate surface area is 186 Å². The van der Waals surface area contributed by atoms with Crippen molar-refractivity contribution in [1.29, 1.82) is 0 Å². The van der Waals surface area contributed by atoms with E-state index in [0.717, 1.165) is 5.56 Å². The number of amides is 2. The van der Waals surface area contributed by atoms with Gasteiger partial charge in [-0.1, -0.05) is 36.4 Å². The third kappa shape index (κ3) is 7.60. The van der Waals surface area contributed by atoms with Gasteiger partial charge in [-0.25, -0.2) is 19.2 Å². The normalized spacial score (nSPS) is 16.2. The first-order chi connectivity index (χ1) is 15.1. The standard InChI is InChI=1S/C22H28N2O8/c1-22(2,3)32-20(27)23-16(18(25)29-4)11-8-12-17-19(26)31-14-24(17)21(28)30-13-15-9-6-5-7-10-15/h5-7,9-11,17H,8,12-14H2,1-4H3,(H,23,27). The van der Waals surface area contributed by atoms with E-state index in [1.54, 1.807) is 20.8 Å². The summed E-state index contributed by atoms with van der Waals surface area (Å²) in [4.78, 5) is 49.6. The van der Waals surface area contributed by atoms with E-state index >= 15 is 0 Å². The predicted molar refractivity (Wildman–Crippen MR) is 112 cm³/mol. The number of esters is 2. The number of nitrogens with zero attached hydrogens (tertiary/aromatic N) is 1. The zero-order valence-corrected chi connectivity index (χ0v) is 18.6. The SMILES string of the molecule is COC(=O)C(=CCCC1C(=O)OCN1C(=O)OCc1ccccc1)NC(=O)OC(C)(C)C. The number of cyclic esters (lactones) is 1. The molecule has 0 aliphatic carbocycles. The van der Waals surface area contributed by atoms with Gasteiger partial charge in [-0.05, 0) is 39.2 Å². The highest BCUT2D eigenvalue weighted by Gasteiger charge is 2.38. The molecule has 10 nitrogen and oxygen atoms in total. The topological polar surface area (TPSA) is 120 Å². The maximum absolute atomic E-state index is 12.4. The third-order valence-corrected chi connectivity index (χ3v) is 4.26. The number of allylic oxidation sites excluding steroid dienone is 1. The monoisotopic (exact) mass is 448 g/mol. The summed E-state index contributed by atoms with van der Waals surface area (Å²) in [6.07, 6.45) is 0.210. The molecule has 1 fully saturated rings. The van der Waals surface area contributed by atoms with Crippen LogP contribution in [0.4, 0.5) is 9.59 Å². The van der Waals surface area contributed by atoms with Gasteiger partial charge in [-0.3, -0.25) is 10.2 Å². The fraction of sp³-hybridized carbons (Fsp3) is 0.455. The van der Waals surface area contributed by atoms with Crippen molar-refractivity contribution in [3.05, 3.63) is 47.7 Å². The van der Waals surface area contributed by atoms with Crippen molar-refractivity contribution in [3.63, 3.8) is 0 Å². The highest BCUT2D eigenvalue weighted by Crippen LogP contribution is 2.19. The Morgan fingerprint density at radius 3 is 2.53 bits per heavy atom. The van der Waals surface area contributed by atoms with Gasteiger partial charge >= 0.3 is 24.1 Å². The Hall–Kier alpha value is -3.56. The van der Waals surface area contributed by atoms with Crippen molar-refractivity contribution in [1.82, 2.24) is 10.2 Å². The van der Waals surface area contributed by atoms with Crippen molar-refractivity contribution in [2.75, 3.05) is 13.8 Å². The number of rotatable bonds is 7. The van der Waals surface area contributed by atoms with E-state index in [9.17, 15) is 19.2 Å². The van der Waals surface area contributed by atoms with Gasteiger partial charge < -0.3 is 18.9 Å². The summed E-state index contributed by atoms with van der Waals surface area (Å²) in [6.45, 7) is 4.89. The van der Waals surface area contributed by atoms with Crippen molar-refractivity contribution < 1.29 is 38.1 Å². The van der Waals surface area contributed by atoms with E-state index < -0.39 is 35.8 Å². The minimum Gasteiger partial charge on any atom is -0.464 e. The van der Waals surface area contributed by atoms with Gasteiger partial charge in [0.25, 0.3) is 0 Å². The molecule has 1 saturated heterocycles. The Balaban J connectivity index is 1.97. The quantitative estimate of drug-likeness (QED) is 0.384. The minimum absolute atomic E-state index is 0.0588. The molecule has 1 aliphatic heterocycles. The number of benzene rings is 1. The summed E-state index contributed by atoms with van der Waals surface area (Å²) >= 11 is 0. The molecule has 1 aliphatic rings. The van der Waals surface area contributed by atoms with Crippen molar-refractivity contribution in [3.8, 4) is 0 Å². The summed E-state index contributed by atoms with van der Waals surface area (Å²) in [7, 11) is 1.17. The molecule has 1 aromatic rings. The lowest BCUT2D eigenvalue weighted by molar-refractivity contribution is -0.139. The molecule has 0 radical (unpaired) electrons. The van der Waals surface area contributed by atoms with E-state index in [1.807, 2.05) is 30.3 Å². The average Bonchev–Trinajstić information content (AvgIpc) is 3.10. The van der Waals surface area contributed by atoms with Crippen LogP contribution in [0.1, 0.15) is 39.2 Å². The number of ether oxygens (including phenoxy) is 4. The van der Waals surface area contributed by atoms with Crippen LogP contribution in [0.25, 0.3) is 0 Å². The van der Waals surface area contributed by atoms with Crippen LogP contribution in [0.3, 0.4) is 0 Å². The second-order valence-corrected chi connectivity index (χ2v) is 7.93. The molecule has 1 heterocycles. The number of hydrogen-bond acceptors (Lipinski definition) is 8. The van der Waals surface area contributed by atoms with Crippen LogP contribution in [0.2, 0.25) is 0 Å². The number of nitrogens with one attached hydrogen (secondary N) is 1. The number of methoxy groups -OCH3 is 1. The van der Waals surface area contributed by atoms with Gasteiger partial charge in [-0.15, -0.1) is 0 Å². The zero-order chi connectivity index (χ0) is 23.7. The largest absolute Gasteiger partial charge is 0.464 e. The molecule has 10 heteroatoms. The maximum Gasteiger partial charge on any atom is 0.413 e. The summed E-state index contributed by atoms with van der Waals surface area (Å²) in [5.74, 6) is -1.35. The first kappa shape index (κ1) is 24.7. The second kappa shape index (κ2) is 11.2. The molecule has 2 amide bonds. The highest BCUT2D eigenvalue weighted by molar-refractivity contribution is 5.92. The van der Waals surface area contributed by atoms with Gasteiger partial charge in [0, 0.05) is 0 Å². The highest BCUT2D eigenvalue weighted by atomic mass is 16.6. The molecule has 2 rings (SSSR count). The molecule has 0 aromatic heterocycles. The Morgan fingerprint density at radius 1 is 1.22 bits per heavy atom. The van der Waals surface area contributed by atoms with Crippen LogP contribution in [-0.2, 0) is 35.1 Å².